The molecule has 3 N–H and O–H groups in total. The van der Waals surface area contributed by atoms with E-state index in [1.54, 1.807) is 0 Å². The van der Waals surface area contributed by atoms with Crippen molar-refractivity contribution in [2.24, 2.45) is 0 Å². The van der Waals surface area contributed by atoms with Gasteiger partial charge < -0.3 is 10.6 Å². The van der Waals surface area contributed by atoms with Gasteiger partial charge in [0.15, 0.2) is 9.84 Å². The zero-order valence-corrected chi connectivity index (χ0v) is 10.8. The molecule has 2 aliphatic heterocycles. The second-order valence-corrected chi connectivity index (χ2v) is 6.93. The van der Waals surface area contributed by atoms with Crippen molar-refractivity contribution in [1.29, 1.82) is 0 Å². The quantitative estimate of drug-likeness (QED) is 0.529. The van der Waals surface area contributed by atoms with Crippen LogP contribution in [0.25, 0.3) is 0 Å². The molecule has 2 rings (SSSR count). The molecule has 0 spiro atoms. The molecule has 102 valence electrons. The minimum absolute atomic E-state index is 0.0117. The highest BCUT2D eigenvalue weighted by Gasteiger charge is 2.29. The van der Waals surface area contributed by atoms with Gasteiger partial charge in [-0.15, -0.1) is 0 Å². The number of sulfone groups is 1. The lowest BCUT2D eigenvalue weighted by molar-refractivity contribution is -0.127. The maximum atomic E-state index is 11.9. The van der Waals surface area contributed by atoms with Gasteiger partial charge in [0.05, 0.1) is 18.1 Å². The Morgan fingerprint density at radius 3 is 2.78 bits per heavy atom. The van der Waals surface area contributed by atoms with Crippen molar-refractivity contribution in [1.82, 2.24) is 16.0 Å². The summed E-state index contributed by atoms with van der Waals surface area (Å²) in [6.07, 6.45) is 1.27. The van der Waals surface area contributed by atoms with Crippen molar-refractivity contribution < 1.29 is 18.0 Å². The fourth-order valence-corrected chi connectivity index (χ4v) is 3.83. The van der Waals surface area contributed by atoms with Crippen molar-refractivity contribution >= 4 is 21.7 Å². The van der Waals surface area contributed by atoms with E-state index in [-0.39, 0.29) is 42.5 Å². The van der Waals surface area contributed by atoms with Gasteiger partial charge in [-0.2, -0.15) is 0 Å². The van der Waals surface area contributed by atoms with E-state index in [1.165, 1.54) is 0 Å². The first-order chi connectivity index (χ1) is 8.46. The van der Waals surface area contributed by atoms with Crippen molar-refractivity contribution in [3.63, 3.8) is 0 Å². The third-order valence-corrected chi connectivity index (χ3v) is 4.96. The molecule has 0 aromatic carbocycles. The van der Waals surface area contributed by atoms with Gasteiger partial charge in [0.2, 0.25) is 11.8 Å². The average molecular weight is 275 g/mol. The van der Waals surface area contributed by atoms with Crippen LogP contribution in [0.15, 0.2) is 0 Å². The Balaban J connectivity index is 1.85. The van der Waals surface area contributed by atoms with Crippen LogP contribution in [0.5, 0.6) is 0 Å². The van der Waals surface area contributed by atoms with Crippen molar-refractivity contribution in [2.45, 2.75) is 24.9 Å². The molecule has 0 bridgehead atoms. The summed E-state index contributed by atoms with van der Waals surface area (Å²) in [5, 5.41) is 8.12. The van der Waals surface area contributed by atoms with Crippen LogP contribution < -0.4 is 16.0 Å². The van der Waals surface area contributed by atoms with Crippen LogP contribution in [0, 0.1) is 0 Å². The molecule has 2 fully saturated rings. The lowest BCUT2D eigenvalue weighted by Gasteiger charge is -2.27. The maximum Gasteiger partial charge on any atom is 0.239 e. The van der Waals surface area contributed by atoms with Crippen LogP contribution in [0.3, 0.4) is 0 Å². The van der Waals surface area contributed by atoms with E-state index in [9.17, 15) is 18.0 Å². The molecule has 0 aromatic rings. The molecule has 8 heteroatoms. The second kappa shape index (κ2) is 5.23. The SMILES string of the molecule is O=C1CNC(C(=O)NC2CCCS(=O)(=O)C2)CN1. The summed E-state index contributed by atoms with van der Waals surface area (Å²) in [6, 6.07) is -0.789. The van der Waals surface area contributed by atoms with E-state index >= 15 is 0 Å². The number of piperazine rings is 1. The molecule has 2 atom stereocenters. The molecule has 2 saturated heterocycles. The van der Waals surface area contributed by atoms with Gasteiger partial charge in [0, 0.05) is 12.6 Å². The molecule has 2 aliphatic rings. The summed E-state index contributed by atoms with van der Waals surface area (Å²) in [5.41, 5.74) is 0. The Bertz CT molecular complexity index is 438. The largest absolute Gasteiger partial charge is 0.353 e. The predicted octanol–water partition coefficient (Wildman–Crippen LogP) is -2.23. The molecule has 2 unspecified atom stereocenters. The van der Waals surface area contributed by atoms with Gasteiger partial charge in [-0.3, -0.25) is 14.9 Å². The molecule has 0 aliphatic carbocycles. The van der Waals surface area contributed by atoms with Crippen LogP contribution in [-0.4, -0.2) is 56.9 Å². The summed E-state index contributed by atoms with van der Waals surface area (Å²) in [7, 11) is -3.02. The summed E-state index contributed by atoms with van der Waals surface area (Å²) in [4.78, 5) is 22.8. The summed E-state index contributed by atoms with van der Waals surface area (Å²) in [6.45, 7) is 0.352. The van der Waals surface area contributed by atoms with E-state index in [1.807, 2.05) is 0 Å². The number of nitrogens with one attached hydrogen (secondary N) is 3. The predicted molar refractivity (Wildman–Crippen MR) is 64.6 cm³/mol. The Morgan fingerprint density at radius 1 is 1.39 bits per heavy atom. The van der Waals surface area contributed by atoms with Crippen LogP contribution in [-0.2, 0) is 19.4 Å². The smallest absolute Gasteiger partial charge is 0.239 e. The highest BCUT2D eigenvalue weighted by Crippen LogP contribution is 2.12. The Morgan fingerprint density at radius 2 is 2.17 bits per heavy atom. The standard InChI is InChI=1S/C10H17N3O4S/c14-9-5-11-8(4-12-9)10(15)13-7-2-1-3-18(16,17)6-7/h7-8,11H,1-6H2,(H,12,14)(H,13,15). The lowest BCUT2D eigenvalue weighted by atomic mass is 10.1. The zero-order valence-electron chi connectivity index (χ0n) is 9.94. The lowest BCUT2D eigenvalue weighted by Crippen LogP contribution is -2.59. The highest BCUT2D eigenvalue weighted by molar-refractivity contribution is 7.91. The number of carbonyl (C=O) groups is 2. The number of hydrogen-bond acceptors (Lipinski definition) is 5. The molecule has 0 saturated carbocycles. The number of rotatable bonds is 2. The average Bonchev–Trinajstić information content (AvgIpc) is 2.28. The van der Waals surface area contributed by atoms with E-state index in [0.717, 1.165) is 0 Å². The molecular weight excluding hydrogens is 258 g/mol. The third-order valence-electron chi connectivity index (χ3n) is 3.14. The van der Waals surface area contributed by atoms with Crippen LogP contribution >= 0.6 is 0 Å². The highest BCUT2D eigenvalue weighted by atomic mass is 32.2. The molecular formula is C10H17N3O4S. The minimum atomic E-state index is -3.02. The molecule has 2 heterocycles. The fraction of sp³-hybridized carbons (Fsp3) is 0.800. The number of hydrogen-bond donors (Lipinski definition) is 3. The summed E-state index contributed by atoms with van der Waals surface area (Å²) >= 11 is 0. The summed E-state index contributed by atoms with van der Waals surface area (Å²) in [5.74, 6) is -0.175. The van der Waals surface area contributed by atoms with Gasteiger partial charge in [-0.25, -0.2) is 8.42 Å². The van der Waals surface area contributed by atoms with E-state index in [2.05, 4.69) is 16.0 Å². The van der Waals surface area contributed by atoms with Crippen molar-refractivity contribution in [2.75, 3.05) is 24.6 Å². The third kappa shape index (κ3) is 3.42. The number of amides is 2. The van der Waals surface area contributed by atoms with Crippen molar-refractivity contribution in [3.8, 4) is 0 Å². The minimum Gasteiger partial charge on any atom is -0.353 e. The zero-order chi connectivity index (χ0) is 13.2. The normalized spacial score (nSPS) is 31.4. The molecule has 2 amide bonds. The van der Waals surface area contributed by atoms with Gasteiger partial charge in [0.1, 0.15) is 6.04 Å². The fourth-order valence-electron chi connectivity index (χ4n) is 2.19. The van der Waals surface area contributed by atoms with Gasteiger partial charge in [-0.1, -0.05) is 0 Å². The van der Waals surface area contributed by atoms with Gasteiger partial charge in [-0.05, 0) is 12.8 Å². The topological polar surface area (TPSA) is 104 Å². The Kier molecular flexibility index (Phi) is 3.86. The molecule has 0 aromatic heterocycles. The Hall–Kier alpha value is -1.15. The first-order valence-corrected chi connectivity index (χ1v) is 7.79. The Labute approximate surface area is 106 Å². The summed E-state index contributed by atoms with van der Waals surface area (Å²) < 4.78 is 22.9. The van der Waals surface area contributed by atoms with Gasteiger partial charge in [0.25, 0.3) is 0 Å². The van der Waals surface area contributed by atoms with E-state index < -0.39 is 15.9 Å². The monoisotopic (exact) mass is 275 g/mol. The molecule has 18 heavy (non-hydrogen) atoms. The first-order valence-electron chi connectivity index (χ1n) is 5.97. The first kappa shape index (κ1) is 13.3. The van der Waals surface area contributed by atoms with Crippen LogP contribution in [0.1, 0.15) is 12.8 Å². The van der Waals surface area contributed by atoms with E-state index in [0.29, 0.717) is 12.8 Å². The number of carbonyl (C=O) groups excluding carboxylic acids is 2. The van der Waals surface area contributed by atoms with Gasteiger partial charge >= 0.3 is 0 Å². The molecule has 0 radical (unpaired) electrons. The second-order valence-electron chi connectivity index (χ2n) is 4.70. The maximum absolute atomic E-state index is 11.9. The van der Waals surface area contributed by atoms with Crippen LogP contribution in [0.2, 0.25) is 0 Å². The van der Waals surface area contributed by atoms with E-state index in [4.69, 9.17) is 0 Å². The van der Waals surface area contributed by atoms with Crippen LogP contribution in [0.4, 0.5) is 0 Å². The molecule has 7 nitrogen and oxygen atoms in total. The van der Waals surface area contributed by atoms with Crippen molar-refractivity contribution in [3.05, 3.63) is 0 Å².